The predicted molar refractivity (Wildman–Crippen MR) is 72.8 cm³/mol. The minimum Gasteiger partial charge on any atom is -0.480 e. The lowest BCUT2D eigenvalue weighted by Crippen LogP contribution is -2.41. The van der Waals surface area contributed by atoms with Crippen LogP contribution in [0.3, 0.4) is 0 Å². The van der Waals surface area contributed by atoms with Crippen LogP contribution >= 0.6 is 11.8 Å². The molecule has 1 N–H and O–H groups in total. The van der Waals surface area contributed by atoms with Gasteiger partial charge in [-0.05, 0) is 18.6 Å². The summed E-state index contributed by atoms with van der Waals surface area (Å²) >= 11 is 1.31. The van der Waals surface area contributed by atoms with E-state index in [0.717, 1.165) is 4.90 Å². The maximum absolute atomic E-state index is 12.4. The van der Waals surface area contributed by atoms with Gasteiger partial charge < -0.3 is 10.0 Å². The number of carbonyl (C=O) groups excluding carboxylic acids is 1. The van der Waals surface area contributed by atoms with Crippen molar-refractivity contribution in [2.75, 3.05) is 11.6 Å². The van der Waals surface area contributed by atoms with Crippen LogP contribution in [0.2, 0.25) is 0 Å². The van der Waals surface area contributed by atoms with E-state index in [4.69, 9.17) is 5.11 Å². The summed E-state index contributed by atoms with van der Waals surface area (Å²) in [6.07, 6.45) is 0. The summed E-state index contributed by atoms with van der Waals surface area (Å²) in [6.45, 7) is 1.72. The van der Waals surface area contributed by atoms with Crippen molar-refractivity contribution in [3.8, 4) is 0 Å². The standard InChI is InChI=1S/C12H12N2O5S/c1-7-2-3-9(14(18)19)8(4-7)11(15)13-6-20-5-10(13)12(16)17/h2-4,10H,5-6H2,1H3,(H,16,17)/t10-/m0/s1. The molecule has 1 aliphatic rings. The van der Waals surface area contributed by atoms with E-state index in [2.05, 4.69) is 0 Å². The molecule has 0 aliphatic carbocycles. The van der Waals surface area contributed by atoms with Gasteiger partial charge >= 0.3 is 5.97 Å². The number of thioether (sulfide) groups is 1. The second-order valence-electron chi connectivity index (χ2n) is 4.41. The summed E-state index contributed by atoms with van der Waals surface area (Å²) in [5, 5.41) is 20.1. The first-order valence-corrected chi connectivity index (χ1v) is 6.94. The van der Waals surface area contributed by atoms with E-state index in [-0.39, 0.29) is 17.1 Å². The highest BCUT2D eigenvalue weighted by molar-refractivity contribution is 7.99. The van der Waals surface area contributed by atoms with Gasteiger partial charge in [-0.2, -0.15) is 0 Å². The number of carboxylic acid groups (broad SMARTS) is 1. The van der Waals surface area contributed by atoms with Crippen LogP contribution < -0.4 is 0 Å². The van der Waals surface area contributed by atoms with E-state index in [9.17, 15) is 19.7 Å². The summed E-state index contributed by atoms with van der Waals surface area (Å²) in [5.41, 5.74) is 0.336. The first kappa shape index (κ1) is 14.3. The highest BCUT2D eigenvalue weighted by Gasteiger charge is 2.37. The summed E-state index contributed by atoms with van der Waals surface area (Å²) in [7, 11) is 0. The zero-order chi connectivity index (χ0) is 14.9. The van der Waals surface area contributed by atoms with Crippen molar-refractivity contribution in [1.29, 1.82) is 0 Å². The number of aliphatic carboxylic acids is 1. The van der Waals surface area contributed by atoms with Crippen molar-refractivity contribution in [3.05, 3.63) is 39.4 Å². The Bertz CT molecular complexity index is 589. The third-order valence-electron chi connectivity index (χ3n) is 3.01. The number of hydrogen-bond donors (Lipinski definition) is 1. The van der Waals surface area contributed by atoms with Crippen molar-refractivity contribution in [2.24, 2.45) is 0 Å². The topological polar surface area (TPSA) is 101 Å². The van der Waals surface area contributed by atoms with Gasteiger partial charge in [0.15, 0.2) is 0 Å². The molecule has 1 aliphatic heterocycles. The van der Waals surface area contributed by atoms with Gasteiger partial charge in [0.05, 0.1) is 10.8 Å². The van der Waals surface area contributed by atoms with Crippen LogP contribution in [0.1, 0.15) is 15.9 Å². The van der Waals surface area contributed by atoms with Crippen LogP contribution in [-0.2, 0) is 4.79 Å². The van der Waals surface area contributed by atoms with E-state index < -0.39 is 22.8 Å². The fourth-order valence-electron chi connectivity index (χ4n) is 1.98. The molecule has 1 fully saturated rings. The molecule has 2 rings (SSSR count). The van der Waals surface area contributed by atoms with E-state index in [1.165, 1.54) is 23.9 Å². The molecule has 1 saturated heterocycles. The molecule has 0 unspecified atom stereocenters. The average molecular weight is 296 g/mol. The molecule has 1 atom stereocenters. The van der Waals surface area contributed by atoms with Gasteiger partial charge in [0.1, 0.15) is 11.6 Å². The van der Waals surface area contributed by atoms with E-state index >= 15 is 0 Å². The van der Waals surface area contributed by atoms with Gasteiger partial charge in [-0.25, -0.2) is 4.79 Å². The second-order valence-corrected chi connectivity index (χ2v) is 5.41. The van der Waals surface area contributed by atoms with Gasteiger partial charge in [-0.1, -0.05) is 6.07 Å². The number of carboxylic acids is 1. The number of nitro groups is 1. The first-order valence-electron chi connectivity index (χ1n) is 5.78. The number of hydrogen-bond acceptors (Lipinski definition) is 5. The zero-order valence-electron chi connectivity index (χ0n) is 10.6. The Morgan fingerprint density at radius 1 is 1.50 bits per heavy atom. The molecule has 1 aromatic rings. The highest BCUT2D eigenvalue weighted by Crippen LogP contribution is 2.27. The molecular weight excluding hydrogens is 284 g/mol. The van der Waals surface area contributed by atoms with Gasteiger partial charge in [0, 0.05) is 11.8 Å². The van der Waals surface area contributed by atoms with Crippen molar-refractivity contribution in [3.63, 3.8) is 0 Å². The van der Waals surface area contributed by atoms with Crippen molar-refractivity contribution < 1.29 is 19.6 Å². The zero-order valence-corrected chi connectivity index (χ0v) is 11.4. The number of amides is 1. The lowest BCUT2D eigenvalue weighted by atomic mass is 10.1. The SMILES string of the molecule is Cc1ccc([N+](=O)[O-])c(C(=O)N2CSC[C@H]2C(=O)O)c1. The minimum atomic E-state index is -1.10. The molecule has 106 valence electrons. The highest BCUT2D eigenvalue weighted by atomic mass is 32.2. The molecule has 0 bridgehead atoms. The van der Waals surface area contributed by atoms with Crippen LogP contribution in [0, 0.1) is 17.0 Å². The maximum atomic E-state index is 12.4. The normalized spacial score (nSPS) is 18.1. The van der Waals surface area contributed by atoms with Crippen LogP contribution in [0.15, 0.2) is 18.2 Å². The Morgan fingerprint density at radius 2 is 2.20 bits per heavy atom. The Balaban J connectivity index is 2.40. The fourth-order valence-corrected chi connectivity index (χ4v) is 3.13. The first-order chi connectivity index (χ1) is 9.41. The number of aryl methyl sites for hydroxylation is 1. The third kappa shape index (κ3) is 2.60. The van der Waals surface area contributed by atoms with E-state index in [0.29, 0.717) is 11.3 Å². The summed E-state index contributed by atoms with van der Waals surface area (Å²) < 4.78 is 0. The Morgan fingerprint density at radius 3 is 2.80 bits per heavy atom. The summed E-state index contributed by atoms with van der Waals surface area (Å²) in [4.78, 5) is 35.0. The fraction of sp³-hybridized carbons (Fsp3) is 0.333. The molecule has 8 heteroatoms. The smallest absolute Gasteiger partial charge is 0.327 e. The number of nitro benzene ring substituents is 1. The Labute approximate surface area is 118 Å². The Hall–Kier alpha value is -2.09. The minimum absolute atomic E-state index is 0.0660. The number of benzene rings is 1. The molecule has 7 nitrogen and oxygen atoms in total. The van der Waals surface area contributed by atoms with Crippen molar-refractivity contribution in [1.82, 2.24) is 4.90 Å². The number of rotatable bonds is 3. The quantitative estimate of drug-likeness (QED) is 0.670. The summed E-state index contributed by atoms with van der Waals surface area (Å²) in [5.74, 6) is -1.20. The molecule has 0 saturated carbocycles. The molecular formula is C12H12N2O5S. The van der Waals surface area contributed by atoms with Crippen molar-refractivity contribution in [2.45, 2.75) is 13.0 Å². The molecule has 1 amide bonds. The van der Waals surface area contributed by atoms with Crippen LogP contribution in [0.25, 0.3) is 0 Å². The van der Waals surface area contributed by atoms with Crippen LogP contribution in [0.5, 0.6) is 0 Å². The summed E-state index contributed by atoms with van der Waals surface area (Å²) in [6, 6.07) is 3.29. The van der Waals surface area contributed by atoms with E-state index in [1.807, 2.05) is 0 Å². The molecule has 1 aromatic carbocycles. The molecule has 20 heavy (non-hydrogen) atoms. The van der Waals surface area contributed by atoms with Gasteiger partial charge in [-0.3, -0.25) is 14.9 Å². The maximum Gasteiger partial charge on any atom is 0.327 e. The number of carbonyl (C=O) groups is 2. The largest absolute Gasteiger partial charge is 0.480 e. The predicted octanol–water partition coefficient (Wildman–Crippen LogP) is 1.50. The third-order valence-corrected chi connectivity index (χ3v) is 4.02. The van der Waals surface area contributed by atoms with Crippen LogP contribution in [0.4, 0.5) is 5.69 Å². The molecule has 0 radical (unpaired) electrons. The number of nitrogens with zero attached hydrogens (tertiary/aromatic N) is 2. The molecule has 1 heterocycles. The van der Waals surface area contributed by atoms with Crippen molar-refractivity contribution >= 4 is 29.3 Å². The van der Waals surface area contributed by atoms with Gasteiger partial charge in [-0.15, -0.1) is 11.8 Å². The average Bonchev–Trinajstić information content (AvgIpc) is 2.86. The lowest BCUT2D eigenvalue weighted by Gasteiger charge is -2.20. The van der Waals surface area contributed by atoms with Gasteiger partial charge in [0.2, 0.25) is 0 Å². The molecule has 0 spiro atoms. The van der Waals surface area contributed by atoms with Crippen LogP contribution in [-0.4, -0.2) is 44.5 Å². The van der Waals surface area contributed by atoms with E-state index in [1.54, 1.807) is 13.0 Å². The second kappa shape index (κ2) is 5.49. The lowest BCUT2D eigenvalue weighted by molar-refractivity contribution is -0.385. The molecule has 0 aromatic heterocycles. The van der Waals surface area contributed by atoms with Gasteiger partial charge in [0.25, 0.3) is 11.6 Å². The Kier molecular flexibility index (Phi) is 3.93. The monoisotopic (exact) mass is 296 g/mol.